The summed E-state index contributed by atoms with van der Waals surface area (Å²) in [4.78, 5) is 0.648. The van der Waals surface area contributed by atoms with E-state index in [0.717, 1.165) is 5.92 Å². The van der Waals surface area contributed by atoms with Gasteiger partial charge in [0.15, 0.2) is 0 Å². The Balaban J connectivity index is 2.32. The third kappa shape index (κ3) is 3.54. The number of hydrogen-bond donors (Lipinski definition) is 0. The van der Waals surface area contributed by atoms with Crippen LogP contribution in [0.25, 0.3) is 0 Å². The highest BCUT2D eigenvalue weighted by molar-refractivity contribution is 9.09. The van der Waals surface area contributed by atoms with Crippen LogP contribution in [-0.2, 0) is 4.74 Å². The van der Waals surface area contributed by atoms with E-state index in [1.54, 1.807) is 0 Å². The fourth-order valence-electron chi connectivity index (χ4n) is 2.21. The van der Waals surface area contributed by atoms with Crippen LogP contribution in [0.15, 0.2) is 0 Å². The molecule has 0 saturated carbocycles. The Kier molecular flexibility index (Phi) is 4.45. The van der Waals surface area contributed by atoms with E-state index in [0.29, 0.717) is 10.9 Å². The molecule has 0 amide bonds. The normalized spacial score (nSPS) is 30.2. The molecule has 1 aliphatic rings. The molecule has 3 atom stereocenters. The van der Waals surface area contributed by atoms with E-state index < -0.39 is 0 Å². The van der Waals surface area contributed by atoms with Crippen molar-refractivity contribution in [2.45, 2.75) is 69.9 Å². The summed E-state index contributed by atoms with van der Waals surface area (Å²) in [5, 5.41) is 0. The Bertz CT molecular complexity index is 179. The maximum absolute atomic E-state index is 5.99. The molecular formula is C12H23BrO. The first-order chi connectivity index (χ1) is 6.44. The molecule has 84 valence electrons. The predicted molar refractivity (Wildman–Crippen MR) is 65.0 cm³/mol. The Morgan fingerprint density at radius 3 is 2.57 bits per heavy atom. The first kappa shape index (κ1) is 12.5. The summed E-state index contributed by atoms with van der Waals surface area (Å²) < 4.78 is 5.99. The minimum atomic E-state index is 0.123. The molecule has 0 aromatic carbocycles. The molecule has 1 saturated heterocycles. The summed E-state index contributed by atoms with van der Waals surface area (Å²) in [7, 11) is 0. The second-order valence-electron chi connectivity index (χ2n) is 5.18. The van der Waals surface area contributed by atoms with Gasteiger partial charge in [-0.05, 0) is 45.4 Å². The topological polar surface area (TPSA) is 9.23 Å². The van der Waals surface area contributed by atoms with Gasteiger partial charge < -0.3 is 4.74 Å². The van der Waals surface area contributed by atoms with E-state index in [2.05, 4.69) is 43.6 Å². The molecule has 14 heavy (non-hydrogen) atoms. The van der Waals surface area contributed by atoms with E-state index >= 15 is 0 Å². The van der Waals surface area contributed by atoms with E-state index in [1.165, 1.54) is 25.7 Å². The summed E-state index contributed by atoms with van der Waals surface area (Å²) in [6, 6.07) is 0. The van der Waals surface area contributed by atoms with Gasteiger partial charge in [0.2, 0.25) is 0 Å². The van der Waals surface area contributed by atoms with Gasteiger partial charge in [-0.2, -0.15) is 0 Å². The van der Waals surface area contributed by atoms with Crippen LogP contribution in [0.1, 0.15) is 53.4 Å². The van der Waals surface area contributed by atoms with E-state index in [-0.39, 0.29) is 5.60 Å². The van der Waals surface area contributed by atoms with Gasteiger partial charge in [-0.3, -0.25) is 0 Å². The minimum absolute atomic E-state index is 0.123. The number of rotatable bonds is 4. The number of halogens is 1. The highest BCUT2D eigenvalue weighted by Crippen LogP contribution is 2.34. The molecule has 0 spiro atoms. The highest BCUT2D eigenvalue weighted by Gasteiger charge is 2.32. The molecule has 0 N–H and O–H groups in total. The molecule has 1 nitrogen and oxygen atoms in total. The SMILES string of the molecule is CCC(Br)C(C)CC1CCC(C)(C)O1. The third-order valence-corrected chi connectivity index (χ3v) is 4.75. The molecule has 0 bridgehead atoms. The minimum Gasteiger partial charge on any atom is -0.372 e. The number of ether oxygens (including phenoxy) is 1. The summed E-state index contributed by atoms with van der Waals surface area (Å²) in [5.41, 5.74) is 0.123. The monoisotopic (exact) mass is 262 g/mol. The van der Waals surface area contributed by atoms with Crippen molar-refractivity contribution in [3.63, 3.8) is 0 Å². The van der Waals surface area contributed by atoms with Crippen LogP contribution in [0, 0.1) is 5.92 Å². The van der Waals surface area contributed by atoms with E-state index in [1.807, 2.05) is 0 Å². The largest absolute Gasteiger partial charge is 0.372 e. The molecule has 0 radical (unpaired) electrons. The Morgan fingerprint density at radius 2 is 2.14 bits per heavy atom. The van der Waals surface area contributed by atoms with Gasteiger partial charge in [-0.25, -0.2) is 0 Å². The van der Waals surface area contributed by atoms with Gasteiger partial charge >= 0.3 is 0 Å². The van der Waals surface area contributed by atoms with Gasteiger partial charge in [0.25, 0.3) is 0 Å². The smallest absolute Gasteiger partial charge is 0.0631 e. The van der Waals surface area contributed by atoms with Gasteiger partial charge in [0.1, 0.15) is 0 Å². The second kappa shape index (κ2) is 4.98. The van der Waals surface area contributed by atoms with Crippen molar-refractivity contribution in [2.24, 2.45) is 5.92 Å². The molecule has 1 fully saturated rings. The lowest BCUT2D eigenvalue weighted by Gasteiger charge is -2.23. The van der Waals surface area contributed by atoms with Crippen molar-refractivity contribution in [2.75, 3.05) is 0 Å². The molecule has 0 aromatic heterocycles. The molecule has 2 heteroatoms. The van der Waals surface area contributed by atoms with Crippen LogP contribution in [0.4, 0.5) is 0 Å². The zero-order valence-electron chi connectivity index (χ0n) is 9.85. The summed E-state index contributed by atoms with van der Waals surface area (Å²) in [6.07, 6.45) is 5.35. The highest BCUT2D eigenvalue weighted by atomic mass is 79.9. The van der Waals surface area contributed by atoms with Crippen LogP contribution in [0.2, 0.25) is 0 Å². The van der Waals surface area contributed by atoms with Crippen molar-refractivity contribution in [3.8, 4) is 0 Å². The lowest BCUT2D eigenvalue weighted by Crippen LogP contribution is -2.23. The molecule has 3 unspecified atom stereocenters. The fraction of sp³-hybridized carbons (Fsp3) is 1.00. The Labute approximate surface area is 96.7 Å². The summed E-state index contributed by atoms with van der Waals surface area (Å²) >= 11 is 3.72. The molecule has 0 aliphatic carbocycles. The first-order valence-electron chi connectivity index (χ1n) is 5.76. The lowest BCUT2D eigenvalue weighted by atomic mass is 9.96. The van der Waals surface area contributed by atoms with E-state index in [9.17, 15) is 0 Å². The summed E-state index contributed by atoms with van der Waals surface area (Å²) in [6.45, 7) is 8.94. The van der Waals surface area contributed by atoms with Crippen molar-refractivity contribution < 1.29 is 4.74 Å². The van der Waals surface area contributed by atoms with Crippen LogP contribution in [-0.4, -0.2) is 16.5 Å². The summed E-state index contributed by atoms with van der Waals surface area (Å²) in [5.74, 6) is 0.721. The zero-order chi connectivity index (χ0) is 10.8. The quantitative estimate of drug-likeness (QED) is 0.692. The second-order valence-corrected chi connectivity index (χ2v) is 6.35. The average molecular weight is 263 g/mol. The van der Waals surface area contributed by atoms with Crippen LogP contribution >= 0.6 is 15.9 Å². The van der Waals surface area contributed by atoms with Gasteiger partial charge in [0, 0.05) is 4.83 Å². The maximum Gasteiger partial charge on any atom is 0.0631 e. The van der Waals surface area contributed by atoms with Gasteiger partial charge in [-0.1, -0.05) is 29.8 Å². The van der Waals surface area contributed by atoms with Crippen molar-refractivity contribution in [1.29, 1.82) is 0 Å². The first-order valence-corrected chi connectivity index (χ1v) is 6.68. The molecule has 1 rings (SSSR count). The third-order valence-electron chi connectivity index (χ3n) is 3.20. The maximum atomic E-state index is 5.99. The van der Waals surface area contributed by atoms with Crippen LogP contribution in [0.3, 0.4) is 0 Å². The zero-order valence-corrected chi connectivity index (χ0v) is 11.4. The van der Waals surface area contributed by atoms with Gasteiger partial charge in [-0.15, -0.1) is 0 Å². The van der Waals surface area contributed by atoms with Gasteiger partial charge in [0.05, 0.1) is 11.7 Å². The Hall–Kier alpha value is 0.440. The van der Waals surface area contributed by atoms with Crippen molar-refractivity contribution in [1.82, 2.24) is 0 Å². The molecule has 1 heterocycles. The molecule has 1 aliphatic heterocycles. The molecular weight excluding hydrogens is 240 g/mol. The van der Waals surface area contributed by atoms with Crippen LogP contribution in [0.5, 0.6) is 0 Å². The Morgan fingerprint density at radius 1 is 1.50 bits per heavy atom. The van der Waals surface area contributed by atoms with Crippen molar-refractivity contribution >= 4 is 15.9 Å². The predicted octanol–water partition coefficient (Wildman–Crippen LogP) is 4.14. The van der Waals surface area contributed by atoms with Crippen molar-refractivity contribution in [3.05, 3.63) is 0 Å². The average Bonchev–Trinajstić information content (AvgIpc) is 2.44. The van der Waals surface area contributed by atoms with Crippen LogP contribution < -0.4 is 0 Å². The fourth-order valence-corrected chi connectivity index (χ4v) is 2.42. The number of alkyl halides is 1. The van der Waals surface area contributed by atoms with E-state index in [4.69, 9.17) is 4.74 Å². The molecule has 0 aromatic rings. The standard InChI is InChI=1S/C12H23BrO/c1-5-11(13)9(2)8-10-6-7-12(3,4)14-10/h9-11H,5-8H2,1-4H3. The lowest BCUT2D eigenvalue weighted by molar-refractivity contribution is -0.0236. The number of hydrogen-bond acceptors (Lipinski definition) is 1.